The Labute approximate surface area is 102 Å². The summed E-state index contributed by atoms with van der Waals surface area (Å²) >= 11 is 3.21. The Morgan fingerprint density at radius 3 is 3.00 bits per heavy atom. The molecule has 4 N–H and O–H groups in total. The normalized spacial score (nSPS) is 17.1. The number of halogens is 1. The number of H-pyrrole nitrogens is 1. The number of nitrogens with zero attached hydrogens (tertiary/aromatic N) is 1. The summed E-state index contributed by atoms with van der Waals surface area (Å²) in [5.74, 6) is 0.604. The molecule has 88 valence electrons. The fraction of sp³-hybridized carbons (Fsp3) is 0.600. The number of aromatic amines is 1. The highest BCUT2D eigenvalue weighted by atomic mass is 79.9. The fourth-order valence-corrected chi connectivity index (χ4v) is 2.13. The van der Waals surface area contributed by atoms with Gasteiger partial charge in [-0.1, -0.05) is 0 Å². The zero-order valence-corrected chi connectivity index (χ0v) is 10.5. The lowest BCUT2D eigenvalue weighted by atomic mass is 10.0. The lowest BCUT2D eigenvalue weighted by Crippen LogP contribution is -2.21. The Balaban J connectivity index is 2.00. The van der Waals surface area contributed by atoms with Gasteiger partial charge in [0.1, 0.15) is 10.3 Å². The minimum atomic E-state index is -0.166. The summed E-state index contributed by atoms with van der Waals surface area (Å²) in [5, 5.41) is 3.21. The molecule has 0 atom stereocenters. The molecule has 1 heterocycles. The van der Waals surface area contributed by atoms with Crippen molar-refractivity contribution in [3.05, 3.63) is 21.2 Å². The average molecular weight is 287 g/mol. The van der Waals surface area contributed by atoms with Gasteiger partial charge in [-0.25, -0.2) is 4.98 Å². The summed E-state index contributed by atoms with van der Waals surface area (Å²) in [6, 6.07) is 0. The highest BCUT2D eigenvalue weighted by Crippen LogP contribution is 2.48. The van der Waals surface area contributed by atoms with E-state index in [0.717, 1.165) is 13.0 Å². The smallest absolute Gasteiger partial charge is 0.267 e. The number of nitrogens with one attached hydrogen (secondary N) is 2. The summed E-state index contributed by atoms with van der Waals surface area (Å²) in [7, 11) is 0. The number of rotatable bonds is 5. The second-order valence-corrected chi connectivity index (χ2v) is 5.08. The molecule has 16 heavy (non-hydrogen) atoms. The van der Waals surface area contributed by atoms with Crippen molar-refractivity contribution in [3.8, 4) is 0 Å². The van der Waals surface area contributed by atoms with Crippen molar-refractivity contribution in [3.63, 3.8) is 0 Å². The molecule has 0 unspecified atom stereocenters. The van der Waals surface area contributed by atoms with Gasteiger partial charge < -0.3 is 16.0 Å². The summed E-state index contributed by atoms with van der Waals surface area (Å²) in [6.45, 7) is 1.55. The molecular weight excluding hydrogens is 272 g/mol. The van der Waals surface area contributed by atoms with Crippen LogP contribution in [-0.2, 0) is 0 Å². The first-order valence-corrected chi connectivity index (χ1v) is 6.13. The van der Waals surface area contributed by atoms with Crippen LogP contribution in [0.5, 0.6) is 0 Å². The first kappa shape index (κ1) is 11.6. The average Bonchev–Trinajstić information content (AvgIpc) is 3.02. The third-order valence-electron chi connectivity index (χ3n) is 3.06. The van der Waals surface area contributed by atoms with Crippen LogP contribution in [0.1, 0.15) is 19.3 Å². The van der Waals surface area contributed by atoms with Gasteiger partial charge in [0, 0.05) is 6.54 Å². The van der Waals surface area contributed by atoms with Crippen molar-refractivity contribution >= 4 is 21.7 Å². The van der Waals surface area contributed by atoms with Gasteiger partial charge in [-0.2, -0.15) is 0 Å². The third kappa shape index (κ3) is 2.44. The Kier molecular flexibility index (Phi) is 3.30. The van der Waals surface area contributed by atoms with Crippen LogP contribution < -0.4 is 16.6 Å². The standard InChI is InChI=1S/C10H15BrN4O/c11-7-8(14-6-15-9(7)16)13-5-10(1-2-10)3-4-12/h6H,1-5,12H2,(H2,13,14,15,16). The van der Waals surface area contributed by atoms with E-state index in [1.807, 2.05) is 0 Å². The van der Waals surface area contributed by atoms with Gasteiger partial charge in [0.2, 0.25) is 0 Å². The van der Waals surface area contributed by atoms with E-state index >= 15 is 0 Å². The van der Waals surface area contributed by atoms with Gasteiger partial charge in [-0.05, 0) is 47.2 Å². The number of hydrogen-bond donors (Lipinski definition) is 3. The Bertz CT molecular complexity index is 427. The van der Waals surface area contributed by atoms with Crippen LogP contribution in [0.2, 0.25) is 0 Å². The summed E-state index contributed by atoms with van der Waals surface area (Å²) < 4.78 is 0.457. The molecule has 2 rings (SSSR count). The molecule has 0 saturated heterocycles. The monoisotopic (exact) mass is 286 g/mol. The van der Waals surface area contributed by atoms with Crippen molar-refractivity contribution in [2.75, 3.05) is 18.4 Å². The van der Waals surface area contributed by atoms with Crippen LogP contribution in [0.4, 0.5) is 5.82 Å². The third-order valence-corrected chi connectivity index (χ3v) is 3.79. The van der Waals surface area contributed by atoms with E-state index in [4.69, 9.17) is 5.73 Å². The van der Waals surface area contributed by atoms with Crippen LogP contribution in [0, 0.1) is 5.41 Å². The van der Waals surface area contributed by atoms with E-state index in [1.165, 1.54) is 19.2 Å². The van der Waals surface area contributed by atoms with Gasteiger partial charge >= 0.3 is 0 Å². The number of aromatic nitrogens is 2. The molecule has 6 heteroatoms. The summed E-state index contributed by atoms with van der Waals surface area (Å²) in [6.07, 6.45) is 4.84. The maximum atomic E-state index is 11.3. The van der Waals surface area contributed by atoms with Crippen molar-refractivity contribution in [2.45, 2.75) is 19.3 Å². The van der Waals surface area contributed by atoms with Gasteiger partial charge in [0.15, 0.2) is 0 Å². The van der Waals surface area contributed by atoms with Gasteiger partial charge in [0.05, 0.1) is 6.33 Å². The molecule has 1 fully saturated rings. The maximum Gasteiger partial charge on any atom is 0.267 e. The highest BCUT2D eigenvalue weighted by Gasteiger charge is 2.41. The zero-order chi connectivity index (χ0) is 11.6. The van der Waals surface area contributed by atoms with E-state index in [1.54, 1.807) is 0 Å². The predicted molar refractivity (Wildman–Crippen MR) is 66.4 cm³/mol. The molecule has 1 saturated carbocycles. The second-order valence-electron chi connectivity index (χ2n) is 4.29. The molecule has 0 aromatic carbocycles. The molecule has 1 aliphatic rings. The highest BCUT2D eigenvalue weighted by molar-refractivity contribution is 9.10. The van der Waals surface area contributed by atoms with E-state index in [0.29, 0.717) is 22.3 Å². The largest absolute Gasteiger partial charge is 0.368 e. The first-order valence-electron chi connectivity index (χ1n) is 5.34. The first-order chi connectivity index (χ1) is 7.67. The minimum absolute atomic E-state index is 0.166. The molecule has 0 spiro atoms. The summed E-state index contributed by atoms with van der Waals surface area (Å²) in [4.78, 5) is 17.9. The topological polar surface area (TPSA) is 83.8 Å². The second kappa shape index (κ2) is 4.55. The molecule has 1 aliphatic carbocycles. The molecule has 0 radical (unpaired) electrons. The van der Waals surface area contributed by atoms with E-state index in [9.17, 15) is 4.79 Å². The van der Waals surface area contributed by atoms with Crippen LogP contribution in [0.25, 0.3) is 0 Å². The van der Waals surface area contributed by atoms with Crippen LogP contribution in [0.15, 0.2) is 15.6 Å². The van der Waals surface area contributed by atoms with Crippen LogP contribution in [0.3, 0.4) is 0 Å². The zero-order valence-electron chi connectivity index (χ0n) is 8.92. The van der Waals surface area contributed by atoms with E-state index in [-0.39, 0.29) is 5.56 Å². The summed E-state index contributed by atoms with van der Waals surface area (Å²) in [5.41, 5.74) is 5.74. The molecule has 0 aliphatic heterocycles. The Morgan fingerprint density at radius 2 is 2.38 bits per heavy atom. The van der Waals surface area contributed by atoms with Crippen molar-refractivity contribution < 1.29 is 0 Å². The predicted octanol–water partition coefficient (Wildman–Crippen LogP) is 1.07. The van der Waals surface area contributed by atoms with Gasteiger partial charge in [0.25, 0.3) is 5.56 Å². The number of anilines is 1. The lowest BCUT2D eigenvalue weighted by Gasteiger charge is -2.15. The lowest BCUT2D eigenvalue weighted by molar-refractivity contribution is 0.500. The molecule has 1 aromatic heterocycles. The van der Waals surface area contributed by atoms with E-state index in [2.05, 4.69) is 31.2 Å². The van der Waals surface area contributed by atoms with E-state index < -0.39 is 0 Å². The maximum absolute atomic E-state index is 11.3. The molecule has 0 bridgehead atoms. The molecular formula is C10H15BrN4O. The van der Waals surface area contributed by atoms with Gasteiger partial charge in [-0.3, -0.25) is 4.79 Å². The fourth-order valence-electron chi connectivity index (χ4n) is 1.78. The van der Waals surface area contributed by atoms with Crippen molar-refractivity contribution in [2.24, 2.45) is 11.1 Å². The van der Waals surface area contributed by atoms with Crippen molar-refractivity contribution in [1.82, 2.24) is 9.97 Å². The van der Waals surface area contributed by atoms with Crippen molar-refractivity contribution in [1.29, 1.82) is 0 Å². The van der Waals surface area contributed by atoms with Crippen LogP contribution in [-0.4, -0.2) is 23.1 Å². The molecule has 5 nitrogen and oxygen atoms in total. The molecule has 1 aromatic rings. The number of nitrogens with two attached hydrogens (primary N) is 1. The Morgan fingerprint density at radius 1 is 1.62 bits per heavy atom. The SMILES string of the molecule is NCCC1(CNc2nc[nH]c(=O)c2Br)CC1. The number of hydrogen-bond acceptors (Lipinski definition) is 4. The Hall–Kier alpha value is -0.880. The van der Waals surface area contributed by atoms with Crippen LogP contribution >= 0.6 is 15.9 Å². The minimum Gasteiger partial charge on any atom is -0.368 e. The quantitative estimate of drug-likeness (QED) is 0.756. The molecule has 0 amide bonds. The van der Waals surface area contributed by atoms with Gasteiger partial charge in [-0.15, -0.1) is 0 Å².